The molecule has 92 valence electrons. The first-order valence-electron chi connectivity index (χ1n) is 5.93. The van der Waals surface area contributed by atoms with Crippen LogP contribution in [0.2, 0.25) is 0 Å². The molecule has 0 radical (unpaired) electrons. The molecular weight excluding hydrogens is 224 g/mol. The molecule has 0 bridgehead atoms. The van der Waals surface area contributed by atoms with Crippen molar-refractivity contribution in [3.05, 3.63) is 0 Å². The van der Waals surface area contributed by atoms with Gasteiger partial charge in [0.1, 0.15) is 6.04 Å². The second-order valence-electron chi connectivity index (χ2n) is 4.38. The summed E-state index contributed by atoms with van der Waals surface area (Å²) in [6, 6.07) is -0.0119. The van der Waals surface area contributed by atoms with Gasteiger partial charge >= 0.3 is 5.97 Å². The molecule has 2 atom stereocenters. The summed E-state index contributed by atoms with van der Waals surface area (Å²) in [7, 11) is 1.50. The number of rotatable bonds is 3. The maximum Gasteiger partial charge on any atom is 0.323 e. The average molecular weight is 244 g/mol. The van der Waals surface area contributed by atoms with E-state index in [-0.39, 0.29) is 12.0 Å². The van der Waals surface area contributed by atoms with Crippen molar-refractivity contribution in [1.29, 1.82) is 0 Å². The van der Waals surface area contributed by atoms with Crippen LogP contribution in [0.1, 0.15) is 6.42 Å². The minimum atomic E-state index is -0.0469. The van der Waals surface area contributed by atoms with Crippen molar-refractivity contribution in [2.75, 3.05) is 44.8 Å². The van der Waals surface area contributed by atoms with Crippen LogP contribution in [0, 0.1) is 5.92 Å². The third kappa shape index (κ3) is 2.70. The molecule has 1 N–H and O–H groups in total. The van der Waals surface area contributed by atoms with E-state index in [4.69, 9.17) is 4.74 Å². The summed E-state index contributed by atoms with van der Waals surface area (Å²) in [6.45, 7) is 3.88. The Hall–Kier alpha value is -0.260. The predicted octanol–water partition coefficient (Wildman–Crippen LogP) is 0.186. The maximum absolute atomic E-state index is 11.9. The van der Waals surface area contributed by atoms with E-state index in [0.29, 0.717) is 5.92 Å². The molecule has 0 aromatic rings. The van der Waals surface area contributed by atoms with Gasteiger partial charge in [-0.05, 0) is 23.8 Å². The van der Waals surface area contributed by atoms with E-state index in [0.717, 1.165) is 38.4 Å². The topological polar surface area (TPSA) is 41.6 Å². The van der Waals surface area contributed by atoms with Gasteiger partial charge in [0.05, 0.1) is 7.11 Å². The molecule has 4 nitrogen and oxygen atoms in total. The van der Waals surface area contributed by atoms with Gasteiger partial charge in [-0.2, -0.15) is 11.8 Å². The predicted molar refractivity (Wildman–Crippen MR) is 65.7 cm³/mol. The van der Waals surface area contributed by atoms with Gasteiger partial charge < -0.3 is 10.1 Å². The zero-order valence-electron chi connectivity index (χ0n) is 9.78. The van der Waals surface area contributed by atoms with Crippen LogP contribution in [0.25, 0.3) is 0 Å². The molecule has 0 aliphatic carbocycles. The van der Waals surface area contributed by atoms with Gasteiger partial charge in [-0.25, -0.2) is 0 Å². The Morgan fingerprint density at radius 3 is 2.81 bits per heavy atom. The molecule has 2 rings (SSSR count). The van der Waals surface area contributed by atoms with Crippen LogP contribution >= 0.6 is 11.8 Å². The van der Waals surface area contributed by atoms with Gasteiger partial charge in [-0.3, -0.25) is 9.69 Å². The van der Waals surface area contributed by atoms with Crippen LogP contribution in [0.5, 0.6) is 0 Å². The van der Waals surface area contributed by atoms with E-state index in [2.05, 4.69) is 10.2 Å². The minimum absolute atomic E-state index is 0.0119. The summed E-state index contributed by atoms with van der Waals surface area (Å²) in [5.41, 5.74) is 0. The number of nitrogens with one attached hydrogen (secondary N) is 1. The molecule has 2 heterocycles. The number of carbonyl (C=O) groups is 1. The maximum atomic E-state index is 11.9. The van der Waals surface area contributed by atoms with Crippen molar-refractivity contribution in [2.45, 2.75) is 12.5 Å². The van der Waals surface area contributed by atoms with Crippen LogP contribution in [-0.4, -0.2) is 61.7 Å². The van der Waals surface area contributed by atoms with E-state index in [1.807, 2.05) is 11.8 Å². The SMILES string of the molecule is COC(=O)C(C1CCSC1)N1CCNCC1. The first-order valence-corrected chi connectivity index (χ1v) is 7.08. The molecule has 2 aliphatic heterocycles. The van der Waals surface area contributed by atoms with E-state index in [1.54, 1.807) is 0 Å². The van der Waals surface area contributed by atoms with Crippen LogP contribution in [0.3, 0.4) is 0 Å². The van der Waals surface area contributed by atoms with E-state index in [1.165, 1.54) is 12.9 Å². The third-order valence-corrected chi connectivity index (χ3v) is 4.59. The van der Waals surface area contributed by atoms with Crippen molar-refractivity contribution < 1.29 is 9.53 Å². The number of hydrogen-bond donors (Lipinski definition) is 1. The summed E-state index contributed by atoms with van der Waals surface area (Å²) in [5, 5.41) is 3.32. The molecule has 0 spiro atoms. The zero-order chi connectivity index (χ0) is 11.4. The standard InChI is InChI=1S/C11H20N2O2S/c1-15-11(14)10(9-2-7-16-8-9)13-5-3-12-4-6-13/h9-10,12H,2-8H2,1H3. The molecule has 0 saturated carbocycles. The first-order chi connectivity index (χ1) is 7.83. The molecule has 0 amide bonds. The van der Waals surface area contributed by atoms with E-state index in [9.17, 15) is 4.79 Å². The first kappa shape index (κ1) is 12.2. The lowest BCUT2D eigenvalue weighted by Gasteiger charge is -2.36. The Kier molecular flexibility index (Phi) is 4.49. The fourth-order valence-corrected chi connectivity index (χ4v) is 3.81. The highest BCUT2D eigenvalue weighted by Crippen LogP contribution is 2.29. The fraction of sp³-hybridized carbons (Fsp3) is 0.909. The van der Waals surface area contributed by atoms with Crippen molar-refractivity contribution >= 4 is 17.7 Å². The van der Waals surface area contributed by atoms with Crippen LogP contribution in [-0.2, 0) is 9.53 Å². The number of ether oxygens (including phenoxy) is 1. The van der Waals surface area contributed by atoms with Gasteiger partial charge in [-0.1, -0.05) is 0 Å². The van der Waals surface area contributed by atoms with E-state index >= 15 is 0 Å². The smallest absolute Gasteiger partial charge is 0.323 e. The Balaban J connectivity index is 2.03. The van der Waals surface area contributed by atoms with Crippen LogP contribution in [0.15, 0.2) is 0 Å². The van der Waals surface area contributed by atoms with Crippen molar-refractivity contribution in [1.82, 2.24) is 10.2 Å². The molecule has 16 heavy (non-hydrogen) atoms. The number of piperazine rings is 1. The monoisotopic (exact) mass is 244 g/mol. The second-order valence-corrected chi connectivity index (χ2v) is 5.53. The van der Waals surface area contributed by atoms with Crippen molar-refractivity contribution in [3.8, 4) is 0 Å². The summed E-state index contributed by atoms with van der Waals surface area (Å²) in [6.07, 6.45) is 1.15. The minimum Gasteiger partial charge on any atom is -0.468 e. The number of hydrogen-bond acceptors (Lipinski definition) is 5. The highest BCUT2D eigenvalue weighted by Gasteiger charge is 2.36. The lowest BCUT2D eigenvalue weighted by molar-refractivity contribution is -0.149. The summed E-state index contributed by atoms with van der Waals surface area (Å²) in [4.78, 5) is 14.2. The number of esters is 1. The lowest BCUT2D eigenvalue weighted by Crippen LogP contribution is -2.54. The third-order valence-electron chi connectivity index (χ3n) is 3.40. The number of methoxy groups -OCH3 is 1. The Labute approximate surface area is 101 Å². The lowest BCUT2D eigenvalue weighted by atomic mass is 9.97. The van der Waals surface area contributed by atoms with Gasteiger partial charge in [0.15, 0.2) is 0 Å². The molecule has 2 aliphatic rings. The highest BCUT2D eigenvalue weighted by atomic mass is 32.2. The van der Waals surface area contributed by atoms with Gasteiger partial charge in [0.25, 0.3) is 0 Å². The number of nitrogens with zero attached hydrogens (tertiary/aromatic N) is 1. The number of carbonyl (C=O) groups excluding carboxylic acids is 1. The molecule has 2 saturated heterocycles. The van der Waals surface area contributed by atoms with Crippen LogP contribution in [0.4, 0.5) is 0 Å². The molecule has 2 unspecified atom stereocenters. The van der Waals surface area contributed by atoms with E-state index < -0.39 is 0 Å². The molecule has 0 aromatic heterocycles. The number of thioether (sulfide) groups is 1. The van der Waals surface area contributed by atoms with Gasteiger partial charge in [-0.15, -0.1) is 0 Å². The average Bonchev–Trinajstić information content (AvgIpc) is 2.84. The Morgan fingerprint density at radius 2 is 2.25 bits per heavy atom. The molecule has 0 aromatic carbocycles. The largest absolute Gasteiger partial charge is 0.468 e. The molecule has 2 fully saturated rings. The summed E-state index contributed by atoms with van der Waals surface area (Å²) < 4.78 is 4.97. The quantitative estimate of drug-likeness (QED) is 0.718. The molecule has 5 heteroatoms. The van der Waals surface area contributed by atoms with Crippen molar-refractivity contribution in [3.63, 3.8) is 0 Å². The fourth-order valence-electron chi connectivity index (χ4n) is 2.52. The molecular formula is C11H20N2O2S. The van der Waals surface area contributed by atoms with Crippen molar-refractivity contribution in [2.24, 2.45) is 5.92 Å². The Bertz CT molecular complexity index is 238. The normalized spacial score (nSPS) is 28.9. The second kappa shape index (κ2) is 5.89. The van der Waals surface area contributed by atoms with Crippen LogP contribution < -0.4 is 5.32 Å². The summed E-state index contributed by atoms with van der Waals surface area (Å²) >= 11 is 1.95. The highest BCUT2D eigenvalue weighted by molar-refractivity contribution is 7.99. The summed E-state index contributed by atoms with van der Waals surface area (Å²) in [5.74, 6) is 2.72. The van der Waals surface area contributed by atoms with Gasteiger partial charge in [0.2, 0.25) is 0 Å². The van der Waals surface area contributed by atoms with Gasteiger partial charge in [0, 0.05) is 26.2 Å². The zero-order valence-corrected chi connectivity index (χ0v) is 10.6. The Morgan fingerprint density at radius 1 is 1.50 bits per heavy atom.